The molecule has 1 aliphatic rings. The van der Waals surface area contributed by atoms with Gasteiger partial charge in [-0.25, -0.2) is 0 Å². The van der Waals surface area contributed by atoms with Gasteiger partial charge in [-0.1, -0.05) is 22.0 Å². The van der Waals surface area contributed by atoms with Crippen molar-refractivity contribution in [2.24, 2.45) is 5.92 Å². The van der Waals surface area contributed by atoms with Gasteiger partial charge < -0.3 is 9.84 Å². The number of benzene rings is 1. The van der Waals surface area contributed by atoms with Crippen LogP contribution in [0.25, 0.3) is 0 Å². The number of piperidine rings is 1. The van der Waals surface area contributed by atoms with Crippen LogP contribution in [0.5, 0.6) is 5.75 Å². The van der Waals surface area contributed by atoms with Crippen LogP contribution in [-0.2, 0) is 4.79 Å². The minimum absolute atomic E-state index is 0.171. The normalized spacial score (nSPS) is 19.1. The second-order valence-corrected chi connectivity index (χ2v) is 6.85. The van der Waals surface area contributed by atoms with Crippen molar-refractivity contribution < 1.29 is 14.6 Å². The maximum atomic E-state index is 10.8. The summed E-state index contributed by atoms with van der Waals surface area (Å²) in [7, 11) is 0. The first-order valence-electron chi connectivity index (χ1n) is 7.88. The highest BCUT2D eigenvalue weighted by Crippen LogP contribution is 2.26. The number of carboxylic acids is 1. The number of halogens is 1. The Morgan fingerprint density at radius 2 is 2.32 bits per heavy atom. The molecule has 1 N–H and O–H groups in total. The van der Waals surface area contributed by atoms with E-state index in [1.807, 2.05) is 25.1 Å². The van der Waals surface area contributed by atoms with Gasteiger partial charge in [0.2, 0.25) is 0 Å². The molecule has 1 heterocycles. The first kappa shape index (κ1) is 17.3. The van der Waals surface area contributed by atoms with Gasteiger partial charge in [-0.05, 0) is 57.2 Å². The molecule has 0 bridgehead atoms. The molecule has 1 aliphatic heterocycles. The van der Waals surface area contributed by atoms with E-state index in [-0.39, 0.29) is 6.54 Å². The zero-order valence-corrected chi connectivity index (χ0v) is 14.6. The Morgan fingerprint density at radius 1 is 1.50 bits per heavy atom. The van der Waals surface area contributed by atoms with Crippen molar-refractivity contribution in [3.63, 3.8) is 0 Å². The topological polar surface area (TPSA) is 49.8 Å². The molecule has 122 valence electrons. The lowest BCUT2D eigenvalue weighted by Gasteiger charge is -2.31. The summed E-state index contributed by atoms with van der Waals surface area (Å²) < 4.78 is 6.93. The number of ether oxygens (including phenoxy) is 1. The highest BCUT2D eigenvalue weighted by atomic mass is 79.9. The maximum absolute atomic E-state index is 10.8. The van der Waals surface area contributed by atoms with Crippen LogP contribution in [0, 0.1) is 12.8 Å². The van der Waals surface area contributed by atoms with Gasteiger partial charge in [0.15, 0.2) is 0 Å². The summed E-state index contributed by atoms with van der Waals surface area (Å²) >= 11 is 3.51. The Labute approximate surface area is 140 Å². The molecule has 0 spiro atoms. The van der Waals surface area contributed by atoms with Crippen molar-refractivity contribution >= 4 is 21.9 Å². The van der Waals surface area contributed by atoms with E-state index in [9.17, 15) is 4.79 Å². The molecule has 1 aromatic rings. The Bertz CT molecular complexity index is 507. The van der Waals surface area contributed by atoms with Gasteiger partial charge >= 0.3 is 5.97 Å². The Hall–Kier alpha value is -1.07. The molecule has 22 heavy (non-hydrogen) atoms. The fraction of sp³-hybridized carbons (Fsp3) is 0.588. The predicted octanol–water partition coefficient (Wildman–Crippen LogP) is 3.71. The molecular formula is C17H24BrNO3. The highest BCUT2D eigenvalue weighted by molar-refractivity contribution is 9.10. The summed E-state index contributed by atoms with van der Waals surface area (Å²) in [6.07, 6.45) is 4.41. The van der Waals surface area contributed by atoms with E-state index in [1.54, 1.807) is 0 Å². The van der Waals surface area contributed by atoms with Crippen molar-refractivity contribution in [3.05, 3.63) is 28.2 Å². The highest BCUT2D eigenvalue weighted by Gasteiger charge is 2.21. The van der Waals surface area contributed by atoms with E-state index in [0.29, 0.717) is 12.5 Å². The van der Waals surface area contributed by atoms with Crippen molar-refractivity contribution in [3.8, 4) is 5.75 Å². The number of carbonyl (C=O) groups is 1. The van der Waals surface area contributed by atoms with Crippen molar-refractivity contribution in [2.75, 3.05) is 26.2 Å². The van der Waals surface area contributed by atoms with Crippen LogP contribution in [0.3, 0.4) is 0 Å². The van der Waals surface area contributed by atoms with E-state index in [1.165, 1.54) is 6.42 Å². The quantitative estimate of drug-likeness (QED) is 0.744. The SMILES string of the molecule is Cc1c(Br)cccc1OCCCC1CCCN(CC(=O)O)C1. The van der Waals surface area contributed by atoms with Gasteiger partial charge in [-0.3, -0.25) is 9.69 Å². The average molecular weight is 370 g/mol. The molecule has 0 aromatic heterocycles. The molecule has 0 saturated carbocycles. The van der Waals surface area contributed by atoms with Crippen LogP contribution < -0.4 is 4.74 Å². The molecular weight excluding hydrogens is 346 g/mol. The summed E-state index contributed by atoms with van der Waals surface area (Å²) in [5.41, 5.74) is 1.13. The Balaban J connectivity index is 1.70. The molecule has 2 rings (SSSR count). The van der Waals surface area contributed by atoms with E-state index in [4.69, 9.17) is 9.84 Å². The molecule has 0 aliphatic carbocycles. The monoisotopic (exact) mass is 369 g/mol. The third-order valence-corrected chi connectivity index (χ3v) is 5.05. The van der Waals surface area contributed by atoms with Gasteiger partial charge in [-0.15, -0.1) is 0 Å². The average Bonchev–Trinajstić information content (AvgIpc) is 2.47. The van der Waals surface area contributed by atoms with E-state index < -0.39 is 5.97 Å². The van der Waals surface area contributed by atoms with Crippen LogP contribution in [-0.4, -0.2) is 42.2 Å². The fourth-order valence-electron chi connectivity index (χ4n) is 3.02. The van der Waals surface area contributed by atoms with Gasteiger partial charge in [-0.2, -0.15) is 0 Å². The molecule has 1 fully saturated rings. The third-order valence-electron chi connectivity index (χ3n) is 4.19. The van der Waals surface area contributed by atoms with Gasteiger partial charge in [0.1, 0.15) is 5.75 Å². The second kappa shape index (κ2) is 8.53. The van der Waals surface area contributed by atoms with Crippen LogP contribution >= 0.6 is 15.9 Å². The zero-order chi connectivity index (χ0) is 15.9. The number of hydrogen-bond acceptors (Lipinski definition) is 3. The molecule has 1 atom stereocenters. The third kappa shape index (κ3) is 5.29. The van der Waals surface area contributed by atoms with Crippen LogP contribution in [0.2, 0.25) is 0 Å². The molecule has 0 radical (unpaired) electrons. The first-order chi connectivity index (χ1) is 10.6. The van der Waals surface area contributed by atoms with Gasteiger partial charge in [0.05, 0.1) is 13.2 Å². The van der Waals surface area contributed by atoms with Crippen molar-refractivity contribution in [2.45, 2.75) is 32.6 Å². The number of carboxylic acid groups (broad SMARTS) is 1. The minimum atomic E-state index is -0.728. The first-order valence-corrected chi connectivity index (χ1v) is 8.67. The summed E-state index contributed by atoms with van der Waals surface area (Å²) in [6.45, 7) is 4.75. The van der Waals surface area contributed by atoms with Gasteiger partial charge in [0.25, 0.3) is 0 Å². The number of aliphatic carboxylic acids is 1. The zero-order valence-electron chi connectivity index (χ0n) is 13.1. The molecule has 0 amide bonds. The fourth-order valence-corrected chi connectivity index (χ4v) is 3.37. The van der Waals surface area contributed by atoms with Crippen molar-refractivity contribution in [1.82, 2.24) is 4.90 Å². The van der Waals surface area contributed by atoms with Crippen molar-refractivity contribution in [1.29, 1.82) is 0 Å². The van der Waals surface area contributed by atoms with E-state index >= 15 is 0 Å². The lowest BCUT2D eigenvalue weighted by atomic mass is 9.93. The minimum Gasteiger partial charge on any atom is -0.493 e. The van der Waals surface area contributed by atoms with Crippen LogP contribution in [0.1, 0.15) is 31.2 Å². The summed E-state index contributed by atoms with van der Waals surface area (Å²) in [6, 6.07) is 5.99. The second-order valence-electron chi connectivity index (χ2n) is 5.99. The summed E-state index contributed by atoms with van der Waals surface area (Å²) in [5, 5.41) is 8.88. The lowest BCUT2D eigenvalue weighted by molar-refractivity contribution is -0.138. The molecule has 4 nitrogen and oxygen atoms in total. The molecule has 5 heteroatoms. The number of rotatable bonds is 7. The molecule has 1 saturated heterocycles. The number of hydrogen-bond donors (Lipinski definition) is 1. The van der Waals surface area contributed by atoms with Gasteiger partial charge in [0, 0.05) is 16.6 Å². The Kier molecular flexibility index (Phi) is 6.70. The van der Waals surface area contributed by atoms with Crippen LogP contribution in [0.4, 0.5) is 0 Å². The smallest absolute Gasteiger partial charge is 0.317 e. The largest absolute Gasteiger partial charge is 0.493 e. The molecule has 1 unspecified atom stereocenters. The van der Waals surface area contributed by atoms with Crippen LogP contribution in [0.15, 0.2) is 22.7 Å². The summed E-state index contributed by atoms with van der Waals surface area (Å²) in [5.74, 6) is 0.806. The summed E-state index contributed by atoms with van der Waals surface area (Å²) in [4.78, 5) is 12.8. The Morgan fingerprint density at radius 3 is 3.09 bits per heavy atom. The number of likely N-dealkylation sites (tertiary alicyclic amines) is 1. The standard InChI is InChI=1S/C17H24BrNO3/c1-13-15(18)7-2-8-16(13)22-10-4-6-14-5-3-9-19(11-14)12-17(20)21/h2,7-8,14H,3-6,9-12H2,1H3,(H,20,21). The molecule has 1 aromatic carbocycles. The van der Waals surface area contributed by atoms with E-state index in [2.05, 4.69) is 20.8 Å². The number of nitrogens with zero attached hydrogens (tertiary/aromatic N) is 1. The predicted molar refractivity (Wildman–Crippen MR) is 90.4 cm³/mol. The maximum Gasteiger partial charge on any atom is 0.317 e. The lowest BCUT2D eigenvalue weighted by Crippen LogP contribution is -2.38. The van der Waals surface area contributed by atoms with E-state index in [0.717, 1.165) is 48.1 Å².